The lowest BCUT2D eigenvalue weighted by molar-refractivity contribution is -0.247. The fraction of sp³-hybridized carbons (Fsp3) is 0.423. The summed E-state index contributed by atoms with van der Waals surface area (Å²) in [6.45, 7) is 2.76. The van der Waals surface area contributed by atoms with Crippen LogP contribution >= 0.6 is 0 Å². The molecule has 0 radical (unpaired) electrons. The predicted octanol–water partition coefficient (Wildman–Crippen LogP) is 0.726. The van der Waals surface area contributed by atoms with Crippen LogP contribution in [-0.2, 0) is 20.7 Å². The highest BCUT2D eigenvalue weighted by molar-refractivity contribution is 6.31. The Hall–Kier alpha value is -3.35. The maximum atomic E-state index is 13.4. The quantitative estimate of drug-likeness (QED) is 0.270. The van der Waals surface area contributed by atoms with Gasteiger partial charge < -0.3 is 40.7 Å². The molecule has 11 nitrogen and oxygen atoms in total. The second-order valence-electron chi connectivity index (χ2n) is 9.95. The van der Waals surface area contributed by atoms with Crippen LogP contribution in [0.5, 0.6) is 17.2 Å². The number of ether oxygens (including phenoxy) is 2. The van der Waals surface area contributed by atoms with Crippen LogP contribution in [0.4, 0.5) is 0 Å². The predicted molar refractivity (Wildman–Crippen MR) is 125 cm³/mol. The third-order valence-corrected chi connectivity index (χ3v) is 7.59. The molecule has 0 spiro atoms. The van der Waals surface area contributed by atoms with Crippen molar-refractivity contribution in [2.24, 2.45) is 5.73 Å². The van der Waals surface area contributed by atoms with Gasteiger partial charge in [-0.05, 0) is 19.9 Å². The smallest absolute Gasteiger partial charge is 0.202 e. The average molecular weight is 513 g/mol. The second-order valence-corrected chi connectivity index (χ2v) is 9.95. The molecule has 1 saturated heterocycles. The number of aliphatic hydroxyl groups is 2. The van der Waals surface area contributed by atoms with E-state index in [1.54, 1.807) is 6.92 Å². The summed E-state index contributed by atoms with van der Waals surface area (Å²) in [5.74, 6) is -4.13. The third-order valence-electron chi connectivity index (χ3n) is 7.59. The molecule has 11 heteroatoms. The van der Waals surface area contributed by atoms with Gasteiger partial charge in [0.1, 0.15) is 22.8 Å². The number of hydrogen-bond acceptors (Lipinski definition) is 11. The van der Waals surface area contributed by atoms with Crippen molar-refractivity contribution in [3.63, 3.8) is 0 Å². The van der Waals surface area contributed by atoms with Crippen molar-refractivity contribution in [2.75, 3.05) is 0 Å². The molecule has 1 aliphatic heterocycles. The maximum absolute atomic E-state index is 13.4. The Bertz CT molecular complexity index is 1340. The Morgan fingerprint density at radius 2 is 1.78 bits per heavy atom. The Balaban J connectivity index is 1.68. The highest BCUT2D eigenvalue weighted by Crippen LogP contribution is 2.52. The van der Waals surface area contributed by atoms with Crippen molar-refractivity contribution in [1.82, 2.24) is 0 Å². The first-order chi connectivity index (χ1) is 17.4. The van der Waals surface area contributed by atoms with Crippen molar-refractivity contribution in [2.45, 2.75) is 69.4 Å². The zero-order valence-corrected chi connectivity index (χ0v) is 20.1. The van der Waals surface area contributed by atoms with Crippen molar-refractivity contribution < 1.29 is 49.4 Å². The van der Waals surface area contributed by atoms with E-state index in [0.717, 1.165) is 6.92 Å². The number of carbonyl (C=O) groups is 3. The maximum Gasteiger partial charge on any atom is 0.202 e. The summed E-state index contributed by atoms with van der Waals surface area (Å²) < 4.78 is 11.7. The van der Waals surface area contributed by atoms with E-state index >= 15 is 0 Å². The van der Waals surface area contributed by atoms with Gasteiger partial charge >= 0.3 is 0 Å². The number of phenolic OH excluding ortho intramolecular Hbond substituents is 3. The molecular weight excluding hydrogens is 486 g/mol. The number of hydrogen-bond donors (Lipinski definition) is 6. The lowest BCUT2D eigenvalue weighted by atomic mass is 9.72. The van der Waals surface area contributed by atoms with Crippen LogP contribution in [0.1, 0.15) is 75.8 Å². The molecule has 2 aromatic rings. The molecule has 5 rings (SSSR count). The minimum atomic E-state index is -2.02. The van der Waals surface area contributed by atoms with Crippen molar-refractivity contribution in [1.29, 1.82) is 0 Å². The summed E-state index contributed by atoms with van der Waals surface area (Å²) in [4.78, 5) is 39.1. The van der Waals surface area contributed by atoms with Crippen LogP contribution in [-0.4, -0.2) is 73.0 Å². The third kappa shape index (κ3) is 3.73. The minimum absolute atomic E-state index is 0.0478. The van der Waals surface area contributed by atoms with Gasteiger partial charge in [0.05, 0.1) is 35.0 Å². The Morgan fingerprint density at radius 1 is 1.11 bits per heavy atom. The molecule has 1 fully saturated rings. The van der Waals surface area contributed by atoms with Crippen molar-refractivity contribution in [3.8, 4) is 17.2 Å². The summed E-state index contributed by atoms with van der Waals surface area (Å²) in [6.07, 6.45) is -4.68. The van der Waals surface area contributed by atoms with Crippen molar-refractivity contribution >= 4 is 17.3 Å². The highest BCUT2D eigenvalue weighted by atomic mass is 16.7. The summed E-state index contributed by atoms with van der Waals surface area (Å²) in [6, 6.07) is 3.20. The van der Waals surface area contributed by atoms with E-state index in [4.69, 9.17) is 15.2 Å². The van der Waals surface area contributed by atoms with Gasteiger partial charge in [0.15, 0.2) is 17.9 Å². The topological polar surface area (TPSA) is 197 Å². The molecule has 37 heavy (non-hydrogen) atoms. The molecule has 3 aliphatic rings. The number of rotatable bonds is 3. The number of ketones is 3. The Morgan fingerprint density at radius 3 is 2.43 bits per heavy atom. The molecular formula is C26H27NO10. The Labute approximate surface area is 211 Å². The SMILES string of the molecule is CC(=O)[C@]1(O)Cc2c(O)c3c(c(O)c2[C@H](O[C@H]2C[C@@H](N)[C@H](O)[C@H](C)O2)C1)C(=O)c1c(O)cccc1C3=O. The van der Waals surface area contributed by atoms with Crippen LogP contribution in [0.25, 0.3) is 0 Å². The van der Waals surface area contributed by atoms with Gasteiger partial charge in [-0.25, -0.2) is 0 Å². The number of Topliss-reactive ketones (excluding diaryl/α,β-unsaturated/α-hetero) is 1. The molecule has 196 valence electrons. The fourth-order valence-corrected chi connectivity index (χ4v) is 5.50. The average Bonchev–Trinajstić information content (AvgIpc) is 2.82. The summed E-state index contributed by atoms with van der Waals surface area (Å²) in [5, 5.41) is 54.1. The van der Waals surface area contributed by atoms with E-state index in [2.05, 4.69) is 0 Å². The molecule has 0 bridgehead atoms. The largest absolute Gasteiger partial charge is 0.507 e. The normalized spacial score (nSPS) is 30.9. The minimum Gasteiger partial charge on any atom is -0.507 e. The van der Waals surface area contributed by atoms with Gasteiger partial charge in [0, 0.05) is 42.0 Å². The van der Waals surface area contributed by atoms with Crippen LogP contribution in [0.15, 0.2) is 18.2 Å². The number of benzene rings is 2. The number of aliphatic hydroxyl groups excluding tert-OH is 1. The first kappa shape index (κ1) is 25.3. The standard InChI is InChI=1S/C26H27NO10/c1-9-21(30)13(27)6-16(36-9)37-15-8-26(35,10(2)28)7-12-18(15)25(34)20-19(23(12)32)22(31)11-4-3-5-14(29)17(11)24(20)33/h3-5,9,13,15-16,21,29-30,32,34-35H,6-8,27H2,1-2H3/t9-,13+,15+,16-,21+,26-/m0/s1. The summed E-state index contributed by atoms with van der Waals surface area (Å²) in [7, 11) is 0. The summed E-state index contributed by atoms with van der Waals surface area (Å²) in [5.41, 5.74) is 2.29. The van der Waals surface area contributed by atoms with Gasteiger partial charge in [-0.1, -0.05) is 12.1 Å². The summed E-state index contributed by atoms with van der Waals surface area (Å²) >= 11 is 0. The molecule has 0 unspecified atom stereocenters. The molecule has 0 amide bonds. The number of phenols is 3. The number of fused-ring (bicyclic) bond motifs is 3. The van der Waals surface area contributed by atoms with Crippen LogP contribution in [0.2, 0.25) is 0 Å². The monoisotopic (exact) mass is 513 g/mol. The number of aromatic hydroxyl groups is 3. The zero-order valence-electron chi connectivity index (χ0n) is 20.1. The number of carbonyl (C=O) groups excluding carboxylic acids is 3. The van der Waals surface area contributed by atoms with Gasteiger partial charge in [-0.3, -0.25) is 14.4 Å². The molecule has 0 saturated carbocycles. The van der Waals surface area contributed by atoms with Crippen molar-refractivity contribution in [3.05, 3.63) is 51.6 Å². The van der Waals surface area contributed by atoms with Gasteiger partial charge in [-0.15, -0.1) is 0 Å². The van der Waals surface area contributed by atoms with Gasteiger partial charge in [0.2, 0.25) is 5.78 Å². The first-order valence-electron chi connectivity index (χ1n) is 11.9. The van der Waals surface area contributed by atoms with E-state index in [1.807, 2.05) is 0 Å². The molecule has 2 aromatic carbocycles. The lowest BCUT2D eigenvalue weighted by Gasteiger charge is -2.42. The van der Waals surface area contributed by atoms with Crippen LogP contribution in [0.3, 0.4) is 0 Å². The molecule has 2 aliphatic carbocycles. The van der Waals surface area contributed by atoms with E-state index in [1.165, 1.54) is 18.2 Å². The van der Waals surface area contributed by atoms with E-state index < -0.39 is 88.4 Å². The van der Waals surface area contributed by atoms with Crippen LogP contribution < -0.4 is 5.73 Å². The van der Waals surface area contributed by atoms with Gasteiger partial charge in [0.25, 0.3) is 0 Å². The zero-order chi connectivity index (χ0) is 27.0. The highest BCUT2D eigenvalue weighted by Gasteiger charge is 2.49. The number of nitrogens with two attached hydrogens (primary N) is 1. The second kappa shape index (κ2) is 8.61. The molecule has 0 aromatic heterocycles. The fourth-order valence-electron chi connectivity index (χ4n) is 5.50. The van der Waals surface area contributed by atoms with E-state index in [-0.39, 0.29) is 35.1 Å². The van der Waals surface area contributed by atoms with E-state index in [0.29, 0.717) is 0 Å². The molecule has 6 atom stereocenters. The molecule has 1 heterocycles. The first-order valence-corrected chi connectivity index (χ1v) is 11.9. The van der Waals surface area contributed by atoms with Crippen LogP contribution in [0, 0.1) is 0 Å². The molecule has 7 N–H and O–H groups in total. The van der Waals surface area contributed by atoms with Gasteiger partial charge in [-0.2, -0.15) is 0 Å². The Kier molecular flexibility index (Phi) is 5.89. The lowest BCUT2D eigenvalue weighted by Crippen LogP contribution is -2.52. The van der Waals surface area contributed by atoms with E-state index in [9.17, 15) is 39.9 Å².